The van der Waals surface area contributed by atoms with E-state index in [1.54, 1.807) is 0 Å². The Hall–Kier alpha value is -1.03. The minimum Gasteiger partial charge on any atom is -0.457 e. The van der Waals surface area contributed by atoms with Gasteiger partial charge in [0.05, 0.1) is 26.4 Å². The predicted octanol–water partition coefficient (Wildman–Crippen LogP) is 7.94. The molecular weight excluding hydrogens is 587 g/mol. The Bertz CT molecular complexity index is 721. The summed E-state index contributed by atoms with van der Waals surface area (Å²) in [5.74, 6) is -1.04. The van der Waals surface area contributed by atoms with Gasteiger partial charge in [-0.3, -0.25) is 18.6 Å². The topological polar surface area (TPSA) is 149 Å². The van der Waals surface area contributed by atoms with E-state index < -0.39 is 58.4 Å². The van der Waals surface area contributed by atoms with E-state index >= 15 is 0 Å². The molecule has 0 aromatic rings. The number of carbonyl (C=O) groups is 2. The summed E-state index contributed by atoms with van der Waals surface area (Å²) in [6, 6.07) is 0. The lowest BCUT2D eigenvalue weighted by Gasteiger charge is -2.20. The lowest BCUT2D eigenvalue weighted by atomic mass is 10.0. The molecular formula is C33H65O10P. The zero-order valence-corrected chi connectivity index (χ0v) is 28.8. The van der Waals surface area contributed by atoms with Crippen molar-refractivity contribution in [3.63, 3.8) is 0 Å². The van der Waals surface area contributed by atoms with Crippen molar-refractivity contribution in [2.45, 2.75) is 174 Å². The Morgan fingerprint density at radius 2 is 0.795 bits per heavy atom. The lowest BCUT2D eigenvalue weighted by Crippen LogP contribution is -2.28. The van der Waals surface area contributed by atoms with Crippen LogP contribution in [0.3, 0.4) is 0 Å². The number of aliphatic hydroxyl groups is 2. The van der Waals surface area contributed by atoms with Crippen molar-refractivity contribution in [1.29, 1.82) is 0 Å². The maximum atomic E-state index is 12.2. The number of phosphoric ester groups is 1. The van der Waals surface area contributed by atoms with Crippen LogP contribution < -0.4 is 0 Å². The standard InChI is InChI=1S/C33H65O10P/c1-3-5-7-8-9-10-11-12-13-14-15-16-17-18-19-20-21-23-25-33(37)43-31(27-35)29-41-44(38,39)40-28-30(26-34)42-32(36)24-22-6-4-2/h30-31,34-35H,3-29H2,1-2H3,(H,38,39). The molecule has 0 bridgehead atoms. The third-order valence-corrected chi connectivity index (χ3v) is 8.52. The first-order valence-corrected chi connectivity index (χ1v) is 19.0. The summed E-state index contributed by atoms with van der Waals surface area (Å²) < 4.78 is 32.0. The van der Waals surface area contributed by atoms with Gasteiger partial charge in [-0.1, -0.05) is 136 Å². The van der Waals surface area contributed by atoms with E-state index in [0.29, 0.717) is 12.8 Å². The summed E-state index contributed by atoms with van der Waals surface area (Å²) in [6.45, 7) is 1.99. The van der Waals surface area contributed by atoms with Crippen molar-refractivity contribution >= 4 is 19.8 Å². The largest absolute Gasteiger partial charge is 0.472 e. The third kappa shape index (κ3) is 28.4. The molecule has 262 valence electrons. The van der Waals surface area contributed by atoms with E-state index in [1.165, 1.54) is 89.9 Å². The van der Waals surface area contributed by atoms with Gasteiger partial charge in [0.1, 0.15) is 12.2 Å². The van der Waals surface area contributed by atoms with Crippen molar-refractivity contribution < 1.29 is 47.8 Å². The van der Waals surface area contributed by atoms with Gasteiger partial charge in [0, 0.05) is 12.8 Å². The second kappa shape index (κ2) is 30.6. The zero-order valence-electron chi connectivity index (χ0n) is 27.9. The number of carbonyl (C=O) groups excluding carboxylic acids is 2. The molecule has 0 rings (SSSR count). The summed E-state index contributed by atoms with van der Waals surface area (Å²) in [5.41, 5.74) is 0. The van der Waals surface area contributed by atoms with E-state index in [1.807, 2.05) is 6.92 Å². The second-order valence-electron chi connectivity index (χ2n) is 11.9. The van der Waals surface area contributed by atoms with E-state index in [2.05, 4.69) is 6.92 Å². The summed E-state index contributed by atoms with van der Waals surface area (Å²) in [4.78, 5) is 33.8. The average molecular weight is 653 g/mol. The Morgan fingerprint density at radius 1 is 0.523 bits per heavy atom. The fourth-order valence-electron chi connectivity index (χ4n) is 4.82. The minimum atomic E-state index is -4.60. The van der Waals surface area contributed by atoms with E-state index in [-0.39, 0.29) is 12.8 Å². The number of esters is 2. The summed E-state index contributed by atoms with van der Waals surface area (Å²) >= 11 is 0. The second-order valence-corrected chi connectivity index (χ2v) is 13.3. The minimum absolute atomic E-state index is 0.181. The molecule has 0 saturated carbocycles. The number of rotatable bonds is 33. The van der Waals surface area contributed by atoms with Gasteiger partial charge < -0.3 is 24.6 Å². The number of hydrogen-bond donors (Lipinski definition) is 3. The zero-order chi connectivity index (χ0) is 32.7. The van der Waals surface area contributed by atoms with Gasteiger partial charge >= 0.3 is 19.8 Å². The Morgan fingerprint density at radius 3 is 1.11 bits per heavy atom. The molecule has 0 spiro atoms. The van der Waals surface area contributed by atoms with Crippen LogP contribution in [-0.2, 0) is 32.7 Å². The molecule has 3 atom stereocenters. The molecule has 0 amide bonds. The maximum Gasteiger partial charge on any atom is 0.472 e. The van der Waals surface area contributed by atoms with E-state index in [0.717, 1.165) is 32.1 Å². The van der Waals surface area contributed by atoms with Gasteiger partial charge in [-0.05, 0) is 12.8 Å². The highest BCUT2D eigenvalue weighted by Crippen LogP contribution is 2.43. The fourth-order valence-corrected chi connectivity index (χ4v) is 5.60. The van der Waals surface area contributed by atoms with Crippen LogP contribution in [0, 0.1) is 0 Å². The monoisotopic (exact) mass is 652 g/mol. The molecule has 44 heavy (non-hydrogen) atoms. The van der Waals surface area contributed by atoms with Crippen molar-refractivity contribution in [3.05, 3.63) is 0 Å². The van der Waals surface area contributed by atoms with Crippen LogP contribution >= 0.6 is 7.82 Å². The van der Waals surface area contributed by atoms with Crippen molar-refractivity contribution in [2.24, 2.45) is 0 Å². The van der Waals surface area contributed by atoms with Crippen molar-refractivity contribution in [1.82, 2.24) is 0 Å². The molecule has 0 heterocycles. The third-order valence-electron chi connectivity index (χ3n) is 7.57. The SMILES string of the molecule is CCCCCCCCCCCCCCCCCCCCC(=O)OC(CO)COP(=O)(O)OCC(CO)OC(=O)CCCCC. The molecule has 0 saturated heterocycles. The number of aliphatic hydroxyl groups excluding tert-OH is 2. The highest BCUT2D eigenvalue weighted by molar-refractivity contribution is 7.47. The average Bonchev–Trinajstić information content (AvgIpc) is 3.00. The van der Waals surface area contributed by atoms with Crippen LogP contribution in [0.2, 0.25) is 0 Å². The molecule has 0 aliphatic heterocycles. The van der Waals surface area contributed by atoms with Gasteiger partial charge in [0.15, 0.2) is 0 Å². The smallest absolute Gasteiger partial charge is 0.457 e. The Balaban J connectivity index is 3.82. The molecule has 3 unspecified atom stereocenters. The molecule has 0 radical (unpaired) electrons. The molecule has 0 aliphatic rings. The highest BCUT2D eigenvalue weighted by Gasteiger charge is 2.27. The normalized spacial score (nSPS) is 14.2. The van der Waals surface area contributed by atoms with Gasteiger partial charge in [-0.15, -0.1) is 0 Å². The van der Waals surface area contributed by atoms with Crippen LogP contribution in [0.4, 0.5) is 0 Å². The summed E-state index contributed by atoms with van der Waals surface area (Å²) in [5, 5.41) is 18.8. The molecule has 0 aromatic heterocycles. The number of unbranched alkanes of at least 4 members (excludes halogenated alkanes) is 19. The first kappa shape index (κ1) is 43.0. The molecule has 0 aromatic carbocycles. The molecule has 3 N–H and O–H groups in total. The molecule has 10 nitrogen and oxygen atoms in total. The molecule has 0 aliphatic carbocycles. The van der Waals surface area contributed by atoms with Crippen LogP contribution in [-0.4, -0.2) is 65.7 Å². The lowest BCUT2D eigenvalue weighted by molar-refractivity contribution is -0.153. The van der Waals surface area contributed by atoms with Crippen LogP contribution in [0.25, 0.3) is 0 Å². The predicted molar refractivity (Wildman–Crippen MR) is 173 cm³/mol. The Labute approximate surface area is 267 Å². The quantitative estimate of drug-likeness (QED) is 0.0362. The van der Waals surface area contributed by atoms with Crippen molar-refractivity contribution in [3.8, 4) is 0 Å². The van der Waals surface area contributed by atoms with Crippen LogP contribution in [0.15, 0.2) is 0 Å². The molecule has 0 fully saturated rings. The van der Waals surface area contributed by atoms with Gasteiger partial charge in [-0.25, -0.2) is 4.57 Å². The first-order chi connectivity index (χ1) is 21.3. The number of phosphoric acid groups is 1. The highest BCUT2D eigenvalue weighted by atomic mass is 31.2. The van der Waals surface area contributed by atoms with Gasteiger partial charge in [0.25, 0.3) is 0 Å². The summed E-state index contributed by atoms with van der Waals surface area (Å²) in [6.07, 6.45) is 23.3. The molecule has 11 heteroatoms. The maximum absolute atomic E-state index is 12.2. The fraction of sp³-hybridized carbons (Fsp3) is 0.939. The van der Waals surface area contributed by atoms with Crippen LogP contribution in [0.1, 0.15) is 162 Å². The Kier molecular flexibility index (Phi) is 29.9. The van der Waals surface area contributed by atoms with E-state index in [9.17, 15) is 29.3 Å². The summed E-state index contributed by atoms with van der Waals surface area (Å²) in [7, 11) is -4.60. The first-order valence-electron chi connectivity index (χ1n) is 17.5. The van der Waals surface area contributed by atoms with Gasteiger partial charge in [-0.2, -0.15) is 0 Å². The van der Waals surface area contributed by atoms with Crippen molar-refractivity contribution in [2.75, 3.05) is 26.4 Å². The van der Waals surface area contributed by atoms with Gasteiger partial charge in [0.2, 0.25) is 0 Å². The van der Waals surface area contributed by atoms with E-state index in [4.69, 9.17) is 18.5 Å². The number of ether oxygens (including phenoxy) is 2. The van der Waals surface area contributed by atoms with Crippen LogP contribution in [0.5, 0.6) is 0 Å². The number of hydrogen-bond acceptors (Lipinski definition) is 9.